The van der Waals surface area contributed by atoms with Gasteiger partial charge in [-0.05, 0) is 48.9 Å². The summed E-state index contributed by atoms with van der Waals surface area (Å²) < 4.78 is 3.87. The molecule has 4 aromatic rings. The number of anilines is 1. The van der Waals surface area contributed by atoms with Crippen LogP contribution >= 0.6 is 0 Å². The topological polar surface area (TPSA) is 77.6 Å². The molecule has 140 valence electrons. The molecule has 0 fully saturated rings. The number of hydrogen-bond acceptors (Lipinski definition) is 4. The Balaban J connectivity index is 1.59. The van der Waals surface area contributed by atoms with Crippen molar-refractivity contribution in [2.45, 2.75) is 19.9 Å². The molecule has 0 aliphatic carbocycles. The van der Waals surface area contributed by atoms with Gasteiger partial charge in [0.25, 0.3) is 0 Å². The Labute approximate surface area is 162 Å². The van der Waals surface area contributed by atoms with Crippen molar-refractivity contribution in [3.8, 4) is 17.1 Å². The van der Waals surface area contributed by atoms with Gasteiger partial charge in [-0.2, -0.15) is 5.10 Å². The molecule has 0 aliphatic rings. The zero-order valence-electron chi connectivity index (χ0n) is 15.6. The van der Waals surface area contributed by atoms with E-state index in [-0.39, 0.29) is 11.9 Å². The highest BCUT2D eigenvalue weighted by molar-refractivity contribution is 5.88. The van der Waals surface area contributed by atoms with Crippen LogP contribution in [0.2, 0.25) is 0 Å². The second-order valence-corrected chi connectivity index (χ2v) is 6.52. The fourth-order valence-electron chi connectivity index (χ4n) is 3.16. The molecule has 1 atom stereocenters. The minimum absolute atomic E-state index is 0.0859. The lowest BCUT2D eigenvalue weighted by Gasteiger charge is -2.17. The van der Waals surface area contributed by atoms with Crippen LogP contribution in [0.15, 0.2) is 73.6 Å². The molecule has 1 N–H and O–H groups in total. The summed E-state index contributed by atoms with van der Waals surface area (Å²) in [6, 6.07) is 16.0. The first-order valence-corrected chi connectivity index (χ1v) is 8.97. The number of nitrogens with one attached hydrogen (secondary N) is 1. The van der Waals surface area contributed by atoms with E-state index in [4.69, 9.17) is 0 Å². The van der Waals surface area contributed by atoms with Crippen LogP contribution in [0, 0.1) is 0 Å². The second kappa shape index (κ2) is 7.48. The lowest BCUT2D eigenvalue weighted by molar-refractivity contribution is -0.114. The number of amides is 1. The SMILES string of the molecule is CC(=O)Nc1ccc(-c2nccn2C(C)c2ccc(-n3cncn3)cc2)cc1. The zero-order chi connectivity index (χ0) is 19.5. The predicted octanol–water partition coefficient (Wildman–Crippen LogP) is 3.70. The van der Waals surface area contributed by atoms with Crippen LogP contribution in [-0.4, -0.2) is 30.2 Å². The van der Waals surface area contributed by atoms with Gasteiger partial charge in [0.15, 0.2) is 0 Å². The molecular formula is C21H20N6O. The highest BCUT2D eigenvalue weighted by Crippen LogP contribution is 2.27. The van der Waals surface area contributed by atoms with Crippen LogP contribution in [-0.2, 0) is 4.79 Å². The third kappa shape index (κ3) is 3.55. The molecule has 4 rings (SSSR count). The van der Waals surface area contributed by atoms with Crippen LogP contribution in [0.3, 0.4) is 0 Å². The molecule has 0 bridgehead atoms. The Bertz CT molecular complexity index is 1070. The van der Waals surface area contributed by atoms with Crippen LogP contribution in [0.1, 0.15) is 25.5 Å². The van der Waals surface area contributed by atoms with E-state index in [0.717, 1.165) is 28.3 Å². The van der Waals surface area contributed by atoms with E-state index in [1.165, 1.54) is 13.3 Å². The van der Waals surface area contributed by atoms with E-state index in [1.54, 1.807) is 17.2 Å². The van der Waals surface area contributed by atoms with E-state index >= 15 is 0 Å². The van der Waals surface area contributed by atoms with Gasteiger partial charge in [-0.1, -0.05) is 12.1 Å². The fraction of sp³-hybridized carbons (Fsp3) is 0.143. The molecule has 2 aromatic carbocycles. The standard InChI is InChI=1S/C21H20N6O/c1-15(17-5-9-20(10-6-17)27-14-22-13-24-27)26-12-11-23-21(26)18-3-7-19(8-4-18)25-16(2)28/h3-15H,1-2H3,(H,25,28). The van der Waals surface area contributed by atoms with Crippen LogP contribution in [0.5, 0.6) is 0 Å². The molecule has 1 unspecified atom stereocenters. The quantitative estimate of drug-likeness (QED) is 0.579. The van der Waals surface area contributed by atoms with Crippen molar-refractivity contribution in [3.05, 3.63) is 79.1 Å². The summed E-state index contributed by atoms with van der Waals surface area (Å²) in [5.74, 6) is 0.791. The van der Waals surface area contributed by atoms with Crippen molar-refractivity contribution < 1.29 is 4.79 Å². The summed E-state index contributed by atoms with van der Waals surface area (Å²) in [5, 5.41) is 6.93. The van der Waals surface area contributed by atoms with E-state index in [2.05, 4.69) is 44.0 Å². The monoisotopic (exact) mass is 372 g/mol. The number of rotatable bonds is 5. The third-order valence-electron chi connectivity index (χ3n) is 4.61. The molecule has 28 heavy (non-hydrogen) atoms. The van der Waals surface area contributed by atoms with Gasteiger partial charge in [0.1, 0.15) is 18.5 Å². The second-order valence-electron chi connectivity index (χ2n) is 6.52. The molecule has 2 aromatic heterocycles. The Morgan fingerprint density at radius 3 is 2.46 bits per heavy atom. The largest absolute Gasteiger partial charge is 0.326 e. The lowest BCUT2D eigenvalue weighted by Crippen LogP contribution is -2.08. The summed E-state index contributed by atoms with van der Waals surface area (Å²) in [6.45, 7) is 3.64. The molecule has 0 radical (unpaired) electrons. The van der Waals surface area contributed by atoms with Gasteiger partial charge in [-0.15, -0.1) is 0 Å². The molecule has 0 saturated heterocycles. The number of hydrogen-bond donors (Lipinski definition) is 1. The summed E-state index contributed by atoms with van der Waals surface area (Å²) in [7, 11) is 0. The van der Waals surface area contributed by atoms with Crippen molar-refractivity contribution in [2.75, 3.05) is 5.32 Å². The van der Waals surface area contributed by atoms with Crippen molar-refractivity contribution in [2.24, 2.45) is 0 Å². The number of benzene rings is 2. The minimum Gasteiger partial charge on any atom is -0.326 e. The summed E-state index contributed by atoms with van der Waals surface area (Å²) in [5.41, 5.74) is 3.89. The van der Waals surface area contributed by atoms with E-state index in [9.17, 15) is 4.79 Å². The molecule has 7 nitrogen and oxygen atoms in total. The van der Waals surface area contributed by atoms with Gasteiger partial charge in [0.2, 0.25) is 5.91 Å². The minimum atomic E-state index is -0.0859. The Morgan fingerprint density at radius 2 is 1.82 bits per heavy atom. The number of nitrogens with zero attached hydrogens (tertiary/aromatic N) is 5. The maximum Gasteiger partial charge on any atom is 0.221 e. The first kappa shape index (κ1) is 17.7. The van der Waals surface area contributed by atoms with Crippen molar-refractivity contribution >= 4 is 11.6 Å². The fourth-order valence-corrected chi connectivity index (χ4v) is 3.16. The van der Waals surface area contributed by atoms with Gasteiger partial charge in [-0.25, -0.2) is 14.6 Å². The molecular weight excluding hydrogens is 352 g/mol. The van der Waals surface area contributed by atoms with E-state index < -0.39 is 0 Å². The number of aromatic nitrogens is 5. The van der Waals surface area contributed by atoms with Crippen LogP contribution < -0.4 is 5.32 Å². The number of carbonyl (C=O) groups is 1. The highest BCUT2D eigenvalue weighted by atomic mass is 16.1. The maximum absolute atomic E-state index is 11.2. The molecule has 0 saturated carbocycles. The predicted molar refractivity (Wildman–Crippen MR) is 107 cm³/mol. The number of carbonyl (C=O) groups excluding carboxylic acids is 1. The van der Waals surface area contributed by atoms with Gasteiger partial charge in [0, 0.05) is 30.6 Å². The lowest BCUT2D eigenvalue weighted by atomic mass is 10.1. The summed E-state index contributed by atoms with van der Waals surface area (Å²) in [4.78, 5) is 19.7. The molecule has 2 heterocycles. The first-order chi connectivity index (χ1) is 13.6. The Kier molecular flexibility index (Phi) is 4.72. The smallest absolute Gasteiger partial charge is 0.221 e. The highest BCUT2D eigenvalue weighted by Gasteiger charge is 2.14. The maximum atomic E-state index is 11.2. The molecule has 0 aliphatic heterocycles. The van der Waals surface area contributed by atoms with Crippen LogP contribution in [0.4, 0.5) is 5.69 Å². The summed E-state index contributed by atoms with van der Waals surface area (Å²) >= 11 is 0. The van der Waals surface area contributed by atoms with Crippen molar-refractivity contribution in [3.63, 3.8) is 0 Å². The average Bonchev–Trinajstić information content (AvgIpc) is 3.40. The van der Waals surface area contributed by atoms with Gasteiger partial charge < -0.3 is 9.88 Å². The Hall–Kier alpha value is -3.74. The first-order valence-electron chi connectivity index (χ1n) is 8.97. The molecule has 1 amide bonds. The Morgan fingerprint density at radius 1 is 1.07 bits per heavy atom. The van der Waals surface area contributed by atoms with Gasteiger partial charge >= 0.3 is 0 Å². The van der Waals surface area contributed by atoms with Gasteiger partial charge in [-0.3, -0.25) is 4.79 Å². The van der Waals surface area contributed by atoms with Crippen molar-refractivity contribution in [1.29, 1.82) is 0 Å². The van der Waals surface area contributed by atoms with Crippen molar-refractivity contribution in [1.82, 2.24) is 24.3 Å². The molecule has 7 heteroatoms. The third-order valence-corrected chi connectivity index (χ3v) is 4.61. The summed E-state index contributed by atoms with van der Waals surface area (Å²) in [6.07, 6.45) is 6.98. The molecule has 0 spiro atoms. The number of imidazole rings is 1. The normalized spacial score (nSPS) is 11.9. The zero-order valence-corrected chi connectivity index (χ0v) is 15.6. The average molecular weight is 372 g/mol. The van der Waals surface area contributed by atoms with E-state index in [0.29, 0.717) is 0 Å². The van der Waals surface area contributed by atoms with E-state index in [1.807, 2.05) is 42.6 Å². The van der Waals surface area contributed by atoms with Gasteiger partial charge in [0.05, 0.1) is 11.7 Å². The van der Waals surface area contributed by atoms with Crippen LogP contribution in [0.25, 0.3) is 17.1 Å².